The van der Waals surface area contributed by atoms with Crippen molar-refractivity contribution in [1.82, 2.24) is 0 Å². The molecule has 2 N–H and O–H groups in total. The Morgan fingerprint density at radius 1 is 0.627 bits per heavy atom. The van der Waals surface area contributed by atoms with Crippen LogP contribution in [-0.4, -0.2) is 50.6 Å². The molecule has 8 rings (SSSR count). The topological polar surface area (TPSA) is 83.8 Å². The van der Waals surface area contributed by atoms with Crippen molar-refractivity contribution in [2.24, 2.45) is 79.8 Å². The van der Waals surface area contributed by atoms with Gasteiger partial charge in [0.05, 0.1) is 12.2 Å². The van der Waals surface area contributed by atoms with Gasteiger partial charge in [-0.3, -0.25) is 9.59 Å². The summed E-state index contributed by atoms with van der Waals surface area (Å²) in [6.45, 7) is 29.7. The lowest BCUT2D eigenvalue weighted by atomic mass is 9.41. The minimum absolute atomic E-state index is 0.00728. The summed E-state index contributed by atoms with van der Waals surface area (Å²) in [5.41, 5.74) is 2.93. The molecule has 0 aromatic heterocycles. The number of fused-ring (bicyclic) bond motifs is 10. The zero-order chi connectivity index (χ0) is 42.9. The Labute approximate surface area is 362 Å². The molecule has 6 unspecified atom stereocenters. The van der Waals surface area contributed by atoms with Crippen molar-refractivity contribution in [3.05, 3.63) is 23.3 Å². The number of aliphatic hydroxyl groups is 2. The van der Waals surface area contributed by atoms with Gasteiger partial charge in [0, 0.05) is 23.7 Å². The van der Waals surface area contributed by atoms with Gasteiger partial charge in [-0.15, -0.1) is 0 Å². The number of carbonyl (C=O) groups is 2. The van der Waals surface area contributed by atoms with Gasteiger partial charge in [0.2, 0.25) is 0 Å². The van der Waals surface area contributed by atoms with Gasteiger partial charge >= 0.3 is 0 Å². The van der Waals surface area contributed by atoms with E-state index in [0.717, 1.165) is 115 Å². The van der Waals surface area contributed by atoms with E-state index in [1.54, 1.807) is 0 Å². The zero-order valence-electron chi connectivity index (χ0n) is 39.8. The Balaban J connectivity index is 0.941. The molecule has 0 aromatic carbocycles. The monoisotopic (exact) mass is 847 g/mol. The third kappa shape index (κ3) is 7.03. The first-order valence-electron chi connectivity index (χ1n) is 24.8. The van der Waals surface area contributed by atoms with Crippen LogP contribution in [0.4, 0.5) is 0 Å². The first-order valence-corrected chi connectivity index (χ1v) is 31.1. The van der Waals surface area contributed by atoms with Gasteiger partial charge in [0.1, 0.15) is 11.6 Å². The SMILES string of the molecule is CC(CC1(C)CC(O)CC2=CC[C@@H]3[C@@H](CC[C@]4(C)C(=O)CC[C@@H]34)[C@]21C)C[Si](C)(C)O[Si](C)(C)CC(C)CC1(C)CC(O)CC2=CC[C@@H]3[C@@H](CC[C@]4(C)C(=O)CC[C@@H]34)[C@]21C. The fraction of sp³-hybridized carbons (Fsp3) is 0.885. The average Bonchev–Trinajstić information content (AvgIpc) is 3.58. The van der Waals surface area contributed by atoms with E-state index in [1.165, 1.54) is 11.1 Å². The number of Topliss-reactive ketones (excluding diaryl/α,β-unsaturated/α-hetero) is 2. The molecule has 332 valence electrons. The summed E-state index contributed by atoms with van der Waals surface area (Å²) in [4.78, 5) is 26.3. The Morgan fingerprint density at radius 3 is 1.37 bits per heavy atom. The van der Waals surface area contributed by atoms with Gasteiger partial charge in [0.25, 0.3) is 0 Å². The molecule has 0 heterocycles. The Morgan fingerprint density at radius 2 is 1.00 bits per heavy atom. The van der Waals surface area contributed by atoms with Crippen LogP contribution in [0.1, 0.15) is 158 Å². The number of carbonyl (C=O) groups excluding carboxylic acids is 2. The first-order chi connectivity index (χ1) is 27.3. The lowest BCUT2D eigenvalue weighted by molar-refractivity contribution is -0.138. The quantitative estimate of drug-likeness (QED) is 0.169. The summed E-state index contributed by atoms with van der Waals surface area (Å²) >= 11 is 0. The van der Waals surface area contributed by atoms with Crippen LogP contribution in [-0.2, 0) is 13.7 Å². The van der Waals surface area contributed by atoms with Crippen LogP contribution in [0.15, 0.2) is 23.3 Å². The van der Waals surface area contributed by atoms with Crippen molar-refractivity contribution in [2.75, 3.05) is 0 Å². The minimum atomic E-state index is -2.04. The molecule has 0 radical (unpaired) electrons. The van der Waals surface area contributed by atoms with E-state index in [4.69, 9.17) is 4.12 Å². The minimum Gasteiger partial charge on any atom is -0.455 e. The lowest BCUT2D eigenvalue weighted by Gasteiger charge is -2.64. The Kier molecular flexibility index (Phi) is 11.3. The number of allylic oxidation sites excluding steroid dienone is 2. The summed E-state index contributed by atoms with van der Waals surface area (Å²) in [5, 5.41) is 22.8. The maximum absolute atomic E-state index is 13.2. The van der Waals surface area contributed by atoms with Gasteiger partial charge in [-0.1, -0.05) is 78.7 Å². The van der Waals surface area contributed by atoms with Crippen LogP contribution in [0.25, 0.3) is 0 Å². The number of hydrogen-bond acceptors (Lipinski definition) is 5. The highest BCUT2D eigenvalue weighted by molar-refractivity contribution is 6.84. The lowest BCUT2D eigenvalue weighted by Crippen LogP contribution is -2.58. The van der Waals surface area contributed by atoms with E-state index < -0.39 is 16.6 Å². The van der Waals surface area contributed by atoms with Gasteiger partial charge in [-0.05, 0) is 197 Å². The predicted molar refractivity (Wildman–Crippen MR) is 246 cm³/mol. The Bertz CT molecular complexity index is 1630. The van der Waals surface area contributed by atoms with Crippen molar-refractivity contribution < 1.29 is 23.9 Å². The molecule has 16 atom stereocenters. The number of hydrogen-bond donors (Lipinski definition) is 2. The van der Waals surface area contributed by atoms with Crippen LogP contribution in [0.2, 0.25) is 38.3 Å². The van der Waals surface area contributed by atoms with Gasteiger partial charge in [-0.25, -0.2) is 0 Å². The highest BCUT2D eigenvalue weighted by Crippen LogP contribution is 2.71. The Hall–Kier alpha value is -0.866. The van der Waals surface area contributed by atoms with Crippen molar-refractivity contribution in [2.45, 2.75) is 209 Å². The molecule has 0 amide bonds. The molecule has 6 fully saturated rings. The normalized spacial score (nSPS) is 48.1. The first kappa shape index (κ1) is 44.7. The summed E-state index contributed by atoms with van der Waals surface area (Å²) in [5.74, 6) is 5.44. The summed E-state index contributed by atoms with van der Waals surface area (Å²) < 4.78 is 7.52. The highest BCUT2D eigenvalue weighted by atomic mass is 28.4. The second-order valence-electron chi connectivity index (χ2n) is 25.8. The molecule has 0 saturated heterocycles. The van der Waals surface area contributed by atoms with Crippen molar-refractivity contribution in [1.29, 1.82) is 0 Å². The standard InChI is InChI=1S/C52H86O5Si2/c1-33(27-47(3)29-37(53)25-35-13-15-39-41-17-19-45(55)49(41,5)23-21-43(39)51(35,47)7)31-58(9,10)57-59(11,12)32-34(2)28-48(4)30-38(54)26-36-14-16-40-42-18-20-46(56)50(42,6)24-22-44(40)52(36,48)8/h13-14,33-34,37-44,53-54H,15-32H2,1-12H3/t33?,34?,37?,38?,39-,40-,41-,42-,43+,44+,47?,48?,49-,50-,51-,52-/m0/s1. The third-order valence-electron chi connectivity index (χ3n) is 21.0. The van der Waals surface area contributed by atoms with Crippen LogP contribution in [0.5, 0.6) is 0 Å². The van der Waals surface area contributed by atoms with E-state index in [9.17, 15) is 19.8 Å². The fourth-order valence-corrected chi connectivity index (χ4v) is 29.1. The van der Waals surface area contributed by atoms with Crippen LogP contribution < -0.4 is 0 Å². The molecule has 7 heteroatoms. The van der Waals surface area contributed by atoms with E-state index >= 15 is 0 Å². The van der Waals surface area contributed by atoms with E-state index in [0.29, 0.717) is 58.9 Å². The maximum atomic E-state index is 13.2. The van der Waals surface area contributed by atoms with Gasteiger partial charge in [-0.2, -0.15) is 0 Å². The maximum Gasteiger partial charge on any atom is 0.173 e. The fourth-order valence-electron chi connectivity index (χ4n) is 18.8. The molecule has 0 bridgehead atoms. The average molecular weight is 847 g/mol. The van der Waals surface area contributed by atoms with Crippen molar-refractivity contribution in [3.8, 4) is 0 Å². The second-order valence-corrected chi connectivity index (χ2v) is 34.5. The van der Waals surface area contributed by atoms with Crippen molar-refractivity contribution in [3.63, 3.8) is 0 Å². The molecular formula is C52H86O5Si2. The molecule has 0 spiro atoms. The van der Waals surface area contributed by atoms with E-state index in [2.05, 4.69) is 93.7 Å². The molecule has 8 aliphatic carbocycles. The summed E-state index contributed by atoms with van der Waals surface area (Å²) in [6, 6.07) is 2.29. The molecule has 5 nitrogen and oxygen atoms in total. The van der Waals surface area contributed by atoms with E-state index in [1.807, 2.05) is 0 Å². The molecule has 0 aliphatic heterocycles. The van der Waals surface area contributed by atoms with E-state index in [-0.39, 0.29) is 44.7 Å². The number of rotatable bonds is 10. The largest absolute Gasteiger partial charge is 0.455 e. The number of aliphatic hydroxyl groups excluding tert-OH is 2. The molecular weight excluding hydrogens is 761 g/mol. The van der Waals surface area contributed by atoms with Crippen LogP contribution in [0.3, 0.4) is 0 Å². The van der Waals surface area contributed by atoms with Gasteiger partial charge in [0.15, 0.2) is 16.6 Å². The molecule has 59 heavy (non-hydrogen) atoms. The van der Waals surface area contributed by atoms with Gasteiger partial charge < -0.3 is 14.3 Å². The smallest absolute Gasteiger partial charge is 0.173 e. The summed E-state index contributed by atoms with van der Waals surface area (Å²) in [7, 11) is -4.09. The molecule has 6 saturated carbocycles. The predicted octanol–water partition coefficient (Wildman–Crippen LogP) is 12.5. The van der Waals surface area contributed by atoms with Crippen LogP contribution >= 0.6 is 0 Å². The third-order valence-corrected chi connectivity index (χ3v) is 28.8. The molecule has 0 aromatic rings. The summed E-state index contributed by atoms with van der Waals surface area (Å²) in [6.07, 6.45) is 20.4. The van der Waals surface area contributed by atoms with Crippen LogP contribution in [0, 0.1) is 79.8 Å². The highest BCUT2D eigenvalue weighted by Gasteiger charge is 2.65. The zero-order valence-corrected chi connectivity index (χ0v) is 41.8. The second kappa shape index (κ2) is 14.8. The molecule has 8 aliphatic rings. The number of ketones is 2. The van der Waals surface area contributed by atoms with Crippen molar-refractivity contribution >= 4 is 28.2 Å².